The Kier molecular flexibility index (Phi) is 4.71. The van der Waals surface area contributed by atoms with Gasteiger partial charge in [-0.15, -0.1) is 0 Å². The lowest BCUT2D eigenvalue weighted by molar-refractivity contribution is 0.232. The van der Waals surface area contributed by atoms with Crippen LogP contribution >= 0.6 is 0 Å². The molecule has 0 radical (unpaired) electrons. The largest absolute Gasteiger partial charge is 0.355 e. The molecule has 1 atom stereocenters. The van der Waals surface area contributed by atoms with E-state index in [0.717, 1.165) is 44.0 Å². The summed E-state index contributed by atoms with van der Waals surface area (Å²) in [5.74, 6) is 0.530. The molecule has 0 bridgehead atoms. The third kappa shape index (κ3) is 3.04. The van der Waals surface area contributed by atoms with Gasteiger partial charge in [0.1, 0.15) is 11.6 Å². The molecule has 0 aliphatic carbocycles. The molecular weight excluding hydrogens is 243 g/mol. The number of anilines is 1. The minimum atomic E-state index is -0.316. The monoisotopic (exact) mass is 266 g/mol. The summed E-state index contributed by atoms with van der Waals surface area (Å²) < 4.78 is 13.2. The molecule has 1 aliphatic rings. The summed E-state index contributed by atoms with van der Waals surface area (Å²) in [6, 6.07) is 2.06. The van der Waals surface area contributed by atoms with Crippen LogP contribution in [0.1, 0.15) is 25.8 Å². The lowest BCUT2D eigenvalue weighted by atomic mass is 10.2. The van der Waals surface area contributed by atoms with Crippen molar-refractivity contribution in [1.29, 1.82) is 0 Å². The van der Waals surface area contributed by atoms with E-state index in [4.69, 9.17) is 5.73 Å². The average molecular weight is 266 g/mol. The second-order valence-electron chi connectivity index (χ2n) is 4.95. The van der Waals surface area contributed by atoms with E-state index in [9.17, 15) is 4.39 Å². The summed E-state index contributed by atoms with van der Waals surface area (Å²) in [7, 11) is 0. The van der Waals surface area contributed by atoms with E-state index in [-0.39, 0.29) is 5.82 Å². The van der Waals surface area contributed by atoms with Gasteiger partial charge in [0.2, 0.25) is 0 Å². The van der Waals surface area contributed by atoms with Crippen molar-refractivity contribution in [2.24, 2.45) is 5.73 Å². The van der Waals surface area contributed by atoms with Gasteiger partial charge in [-0.05, 0) is 25.6 Å². The van der Waals surface area contributed by atoms with E-state index in [2.05, 4.69) is 28.6 Å². The smallest absolute Gasteiger partial charge is 0.141 e. The minimum absolute atomic E-state index is 0.316. The van der Waals surface area contributed by atoms with Gasteiger partial charge in [0, 0.05) is 31.2 Å². The molecule has 19 heavy (non-hydrogen) atoms. The molecule has 0 spiro atoms. The summed E-state index contributed by atoms with van der Waals surface area (Å²) in [5, 5.41) is 0. The molecule has 1 saturated heterocycles. The normalized spacial score (nSPS) is 19.4. The first-order valence-electron chi connectivity index (χ1n) is 7.03. The molecule has 0 saturated carbocycles. The number of nitrogens with two attached hydrogens (primary N) is 1. The lowest BCUT2D eigenvalue weighted by Crippen LogP contribution is -2.37. The van der Waals surface area contributed by atoms with Gasteiger partial charge in [0.25, 0.3) is 0 Å². The Labute approximate surface area is 114 Å². The number of halogens is 1. The SMILES string of the molecule is CCN(CC)C1CCN(c2ncc(F)cc2CN)C1. The van der Waals surface area contributed by atoms with E-state index in [1.807, 2.05) is 0 Å². The van der Waals surface area contributed by atoms with E-state index >= 15 is 0 Å². The van der Waals surface area contributed by atoms with Crippen molar-refractivity contribution in [2.45, 2.75) is 32.9 Å². The van der Waals surface area contributed by atoms with Crippen molar-refractivity contribution in [3.8, 4) is 0 Å². The van der Waals surface area contributed by atoms with Crippen LogP contribution < -0.4 is 10.6 Å². The highest BCUT2D eigenvalue weighted by molar-refractivity contribution is 5.48. The fourth-order valence-corrected chi connectivity index (χ4v) is 2.88. The standard InChI is InChI=1S/C14H23FN4/c1-3-18(4-2)13-5-6-19(10-13)14-11(8-16)7-12(15)9-17-14/h7,9,13H,3-6,8,10,16H2,1-2H3. The van der Waals surface area contributed by atoms with E-state index in [0.29, 0.717) is 12.6 Å². The Bertz CT molecular complexity index is 420. The first-order valence-corrected chi connectivity index (χ1v) is 7.03. The molecule has 106 valence electrons. The Balaban J connectivity index is 2.12. The first kappa shape index (κ1) is 14.2. The quantitative estimate of drug-likeness (QED) is 0.879. The van der Waals surface area contributed by atoms with Crippen LogP contribution in [0.25, 0.3) is 0 Å². The molecule has 4 nitrogen and oxygen atoms in total. The van der Waals surface area contributed by atoms with Crippen LogP contribution in [0, 0.1) is 5.82 Å². The van der Waals surface area contributed by atoms with Crippen LogP contribution in [0.3, 0.4) is 0 Å². The Hall–Kier alpha value is -1.20. The van der Waals surface area contributed by atoms with Crippen molar-refractivity contribution >= 4 is 5.82 Å². The molecule has 1 unspecified atom stereocenters. The first-order chi connectivity index (χ1) is 9.19. The van der Waals surface area contributed by atoms with Gasteiger partial charge < -0.3 is 10.6 Å². The van der Waals surface area contributed by atoms with E-state index < -0.39 is 0 Å². The van der Waals surface area contributed by atoms with Crippen molar-refractivity contribution < 1.29 is 4.39 Å². The number of nitrogens with zero attached hydrogens (tertiary/aromatic N) is 3. The molecule has 2 rings (SSSR count). The number of likely N-dealkylation sites (N-methyl/N-ethyl adjacent to an activating group) is 1. The van der Waals surface area contributed by atoms with Crippen LogP contribution in [0.5, 0.6) is 0 Å². The third-order valence-corrected chi connectivity index (χ3v) is 3.92. The van der Waals surface area contributed by atoms with Crippen molar-refractivity contribution in [2.75, 3.05) is 31.1 Å². The summed E-state index contributed by atoms with van der Waals surface area (Å²) in [6.45, 7) is 8.75. The Morgan fingerprint density at radius 3 is 2.84 bits per heavy atom. The zero-order valence-corrected chi connectivity index (χ0v) is 11.8. The molecule has 0 amide bonds. The zero-order valence-electron chi connectivity index (χ0n) is 11.8. The van der Waals surface area contributed by atoms with Gasteiger partial charge >= 0.3 is 0 Å². The molecule has 1 aliphatic heterocycles. The van der Waals surface area contributed by atoms with Gasteiger partial charge in [-0.2, -0.15) is 0 Å². The van der Waals surface area contributed by atoms with Crippen LogP contribution in [-0.4, -0.2) is 42.1 Å². The highest BCUT2D eigenvalue weighted by Gasteiger charge is 2.28. The number of hydrogen-bond donors (Lipinski definition) is 1. The number of aromatic nitrogens is 1. The molecule has 2 heterocycles. The molecule has 0 aromatic carbocycles. The summed E-state index contributed by atoms with van der Waals surface area (Å²) in [4.78, 5) is 8.92. The van der Waals surface area contributed by atoms with Crippen LogP contribution in [0.2, 0.25) is 0 Å². The van der Waals surface area contributed by atoms with Crippen LogP contribution in [-0.2, 0) is 6.54 Å². The maximum Gasteiger partial charge on any atom is 0.141 e. The van der Waals surface area contributed by atoms with Gasteiger partial charge in [-0.1, -0.05) is 13.8 Å². The molecule has 2 N–H and O–H groups in total. The van der Waals surface area contributed by atoms with Crippen molar-refractivity contribution in [3.63, 3.8) is 0 Å². The molecule has 1 fully saturated rings. The highest BCUT2D eigenvalue weighted by Crippen LogP contribution is 2.24. The topological polar surface area (TPSA) is 45.4 Å². The summed E-state index contributed by atoms with van der Waals surface area (Å²) in [6.07, 6.45) is 2.41. The molecule has 1 aromatic rings. The predicted octanol–water partition coefficient (Wildman–Crippen LogP) is 1.60. The zero-order chi connectivity index (χ0) is 13.8. The van der Waals surface area contributed by atoms with Crippen molar-refractivity contribution in [3.05, 3.63) is 23.6 Å². The van der Waals surface area contributed by atoms with Crippen molar-refractivity contribution in [1.82, 2.24) is 9.88 Å². The lowest BCUT2D eigenvalue weighted by Gasteiger charge is -2.26. The van der Waals surface area contributed by atoms with Gasteiger partial charge in [-0.25, -0.2) is 9.37 Å². The number of pyridine rings is 1. The fourth-order valence-electron chi connectivity index (χ4n) is 2.88. The minimum Gasteiger partial charge on any atom is -0.355 e. The van der Waals surface area contributed by atoms with E-state index in [1.165, 1.54) is 12.3 Å². The fraction of sp³-hybridized carbons (Fsp3) is 0.643. The molecular formula is C14H23FN4. The second-order valence-corrected chi connectivity index (χ2v) is 4.95. The molecule has 1 aromatic heterocycles. The van der Waals surface area contributed by atoms with Gasteiger partial charge in [-0.3, -0.25) is 4.90 Å². The third-order valence-electron chi connectivity index (χ3n) is 3.92. The number of rotatable bonds is 5. The maximum absolute atomic E-state index is 13.2. The van der Waals surface area contributed by atoms with Gasteiger partial charge in [0.05, 0.1) is 6.20 Å². The number of hydrogen-bond acceptors (Lipinski definition) is 4. The molecule has 5 heteroatoms. The summed E-state index contributed by atoms with van der Waals surface area (Å²) in [5.41, 5.74) is 6.48. The summed E-state index contributed by atoms with van der Waals surface area (Å²) >= 11 is 0. The Morgan fingerprint density at radius 1 is 1.47 bits per heavy atom. The predicted molar refractivity (Wildman–Crippen MR) is 75.6 cm³/mol. The highest BCUT2D eigenvalue weighted by atomic mass is 19.1. The van der Waals surface area contributed by atoms with E-state index in [1.54, 1.807) is 0 Å². The maximum atomic E-state index is 13.2. The van der Waals surface area contributed by atoms with Crippen LogP contribution in [0.4, 0.5) is 10.2 Å². The van der Waals surface area contributed by atoms with Crippen LogP contribution in [0.15, 0.2) is 12.3 Å². The van der Waals surface area contributed by atoms with Gasteiger partial charge in [0.15, 0.2) is 0 Å². The Morgan fingerprint density at radius 2 is 2.21 bits per heavy atom. The second kappa shape index (κ2) is 6.30. The average Bonchev–Trinajstić information content (AvgIpc) is 2.89.